The molecule has 0 N–H and O–H groups in total. The van der Waals surface area contributed by atoms with E-state index < -0.39 is 0 Å². The van der Waals surface area contributed by atoms with Crippen molar-refractivity contribution < 1.29 is 9.53 Å². The summed E-state index contributed by atoms with van der Waals surface area (Å²) in [4.78, 5) is 20.8. The van der Waals surface area contributed by atoms with Crippen LogP contribution in [0.4, 0.5) is 0 Å². The number of hydrogen-bond donors (Lipinski definition) is 0. The Balaban J connectivity index is 1.70. The van der Waals surface area contributed by atoms with Crippen molar-refractivity contribution in [3.8, 4) is 17.0 Å². The summed E-state index contributed by atoms with van der Waals surface area (Å²) in [6.45, 7) is 2.11. The number of unbranched alkanes of at least 4 members (excludes halogenated alkanes) is 2. The highest BCUT2D eigenvalue weighted by Gasteiger charge is 2.06. The minimum absolute atomic E-state index is 0.179. The van der Waals surface area contributed by atoms with Crippen LogP contribution in [-0.4, -0.2) is 15.9 Å². The van der Waals surface area contributed by atoms with Gasteiger partial charge in [0.05, 0.1) is 22.9 Å². The smallest absolute Gasteiger partial charge is 0.311 e. The standard InChI is InChI=1S/C20H20N2O2/c1-2-3-4-9-20(23)24-16-12-10-15(11-13-16)19-14-21-17-7-5-6-8-18(17)22-19/h5-8,10-14H,2-4,9H2,1H3. The molecule has 3 aromatic rings. The Morgan fingerprint density at radius 1 is 1.00 bits per heavy atom. The number of ether oxygens (including phenoxy) is 1. The molecule has 24 heavy (non-hydrogen) atoms. The Bertz CT molecular complexity index is 828. The van der Waals surface area contributed by atoms with Gasteiger partial charge in [0.25, 0.3) is 0 Å². The number of aromatic nitrogens is 2. The van der Waals surface area contributed by atoms with Gasteiger partial charge in [0, 0.05) is 12.0 Å². The molecular formula is C20H20N2O2. The van der Waals surface area contributed by atoms with Crippen LogP contribution in [0.15, 0.2) is 54.7 Å². The van der Waals surface area contributed by atoms with Crippen LogP contribution in [0.2, 0.25) is 0 Å². The predicted molar refractivity (Wildman–Crippen MR) is 94.8 cm³/mol. The SMILES string of the molecule is CCCCCC(=O)Oc1ccc(-c2cnc3ccccc3n2)cc1. The van der Waals surface area contributed by atoms with E-state index in [0.29, 0.717) is 12.2 Å². The number of rotatable bonds is 6. The van der Waals surface area contributed by atoms with E-state index in [9.17, 15) is 4.79 Å². The molecule has 0 radical (unpaired) electrons. The second kappa shape index (κ2) is 7.68. The van der Waals surface area contributed by atoms with Crippen molar-refractivity contribution in [3.05, 3.63) is 54.7 Å². The van der Waals surface area contributed by atoms with Gasteiger partial charge in [0.15, 0.2) is 0 Å². The lowest BCUT2D eigenvalue weighted by molar-refractivity contribution is -0.134. The first-order chi connectivity index (χ1) is 11.8. The summed E-state index contributed by atoms with van der Waals surface area (Å²) in [5.74, 6) is 0.385. The Morgan fingerprint density at radius 2 is 1.75 bits per heavy atom. The van der Waals surface area contributed by atoms with E-state index in [-0.39, 0.29) is 5.97 Å². The number of para-hydroxylation sites is 2. The summed E-state index contributed by atoms with van der Waals surface area (Å²) < 4.78 is 5.35. The number of carbonyl (C=O) groups is 1. The van der Waals surface area contributed by atoms with Crippen LogP contribution in [0, 0.1) is 0 Å². The van der Waals surface area contributed by atoms with Crippen LogP contribution in [0.5, 0.6) is 5.75 Å². The molecule has 0 atom stereocenters. The molecule has 0 spiro atoms. The van der Waals surface area contributed by atoms with E-state index >= 15 is 0 Å². The van der Waals surface area contributed by atoms with Gasteiger partial charge in [-0.3, -0.25) is 9.78 Å². The first-order valence-electron chi connectivity index (χ1n) is 8.29. The summed E-state index contributed by atoms with van der Waals surface area (Å²) in [6, 6.07) is 15.2. The molecule has 0 saturated carbocycles. The molecule has 122 valence electrons. The van der Waals surface area contributed by atoms with Crippen LogP contribution >= 0.6 is 0 Å². The van der Waals surface area contributed by atoms with Crippen LogP contribution in [-0.2, 0) is 4.79 Å². The van der Waals surface area contributed by atoms with Crippen molar-refractivity contribution in [2.75, 3.05) is 0 Å². The van der Waals surface area contributed by atoms with E-state index in [2.05, 4.69) is 16.9 Å². The highest BCUT2D eigenvalue weighted by molar-refractivity contribution is 5.77. The second-order valence-corrected chi connectivity index (χ2v) is 5.70. The lowest BCUT2D eigenvalue weighted by Gasteiger charge is -2.06. The minimum Gasteiger partial charge on any atom is -0.427 e. The molecular weight excluding hydrogens is 300 g/mol. The van der Waals surface area contributed by atoms with Crippen LogP contribution in [0.3, 0.4) is 0 Å². The third-order valence-corrected chi connectivity index (χ3v) is 3.81. The molecule has 0 aliphatic heterocycles. The Hall–Kier alpha value is -2.75. The predicted octanol–water partition coefficient (Wildman–Crippen LogP) is 4.78. The van der Waals surface area contributed by atoms with Crippen molar-refractivity contribution >= 4 is 17.0 Å². The Labute approximate surface area is 141 Å². The van der Waals surface area contributed by atoms with E-state index in [1.165, 1.54) is 0 Å². The molecule has 0 fully saturated rings. The Kier molecular flexibility index (Phi) is 5.16. The molecule has 1 aromatic heterocycles. The number of hydrogen-bond acceptors (Lipinski definition) is 4. The monoisotopic (exact) mass is 320 g/mol. The van der Waals surface area contributed by atoms with Gasteiger partial charge in [-0.15, -0.1) is 0 Å². The summed E-state index contributed by atoms with van der Waals surface area (Å²) >= 11 is 0. The quantitative estimate of drug-likeness (QED) is 0.372. The van der Waals surface area contributed by atoms with Gasteiger partial charge < -0.3 is 4.74 Å². The third kappa shape index (κ3) is 3.96. The normalized spacial score (nSPS) is 10.7. The fraction of sp³-hybridized carbons (Fsp3) is 0.250. The van der Waals surface area contributed by atoms with Gasteiger partial charge in [0.1, 0.15) is 5.75 Å². The zero-order valence-electron chi connectivity index (χ0n) is 13.7. The largest absolute Gasteiger partial charge is 0.427 e. The maximum Gasteiger partial charge on any atom is 0.311 e. The van der Waals surface area contributed by atoms with Crippen LogP contribution < -0.4 is 4.74 Å². The lowest BCUT2D eigenvalue weighted by atomic mass is 10.1. The fourth-order valence-electron chi connectivity index (χ4n) is 2.49. The summed E-state index contributed by atoms with van der Waals surface area (Å²) in [6.07, 6.45) is 5.24. The number of fused-ring (bicyclic) bond motifs is 1. The van der Waals surface area contributed by atoms with Gasteiger partial charge in [0.2, 0.25) is 0 Å². The average Bonchev–Trinajstić information content (AvgIpc) is 2.62. The van der Waals surface area contributed by atoms with Crippen molar-refractivity contribution in [1.29, 1.82) is 0 Å². The summed E-state index contributed by atoms with van der Waals surface area (Å²) in [5, 5.41) is 0. The summed E-state index contributed by atoms with van der Waals surface area (Å²) in [5.41, 5.74) is 3.48. The number of benzene rings is 2. The lowest BCUT2D eigenvalue weighted by Crippen LogP contribution is -2.07. The van der Waals surface area contributed by atoms with E-state index in [1.807, 2.05) is 36.4 Å². The number of carbonyl (C=O) groups excluding carboxylic acids is 1. The maximum absolute atomic E-state index is 11.7. The highest BCUT2D eigenvalue weighted by atomic mass is 16.5. The highest BCUT2D eigenvalue weighted by Crippen LogP contribution is 2.22. The molecule has 0 unspecified atom stereocenters. The van der Waals surface area contributed by atoms with Crippen LogP contribution in [0.25, 0.3) is 22.3 Å². The molecule has 4 heteroatoms. The average molecular weight is 320 g/mol. The van der Waals surface area contributed by atoms with E-state index in [1.54, 1.807) is 18.3 Å². The molecule has 0 saturated heterocycles. The van der Waals surface area contributed by atoms with Crippen molar-refractivity contribution in [1.82, 2.24) is 9.97 Å². The molecule has 0 bridgehead atoms. The number of esters is 1. The molecule has 1 heterocycles. The van der Waals surface area contributed by atoms with E-state index in [4.69, 9.17) is 4.74 Å². The molecule has 4 nitrogen and oxygen atoms in total. The maximum atomic E-state index is 11.7. The van der Waals surface area contributed by atoms with Gasteiger partial charge in [-0.2, -0.15) is 0 Å². The minimum atomic E-state index is -0.179. The van der Waals surface area contributed by atoms with Gasteiger partial charge in [-0.25, -0.2) is 4.98 Å². The second-order valence-electron chi connectivity index (χ2n) is 5.70. The van der Waals surface area contributed by atoms with Crippen LogP contribution in [0.1, 0.15) is 32.6 Å². The third-order valence-electron chi connectivity index (χ3n) is 3.81. The van der Waals surface area contributed by atoms with Gasteiger partial charge in [-0.05, 0) is 42.8 Å². The zero-order valence-corrected chi connectivity index (χ0v) is 13.7. The molecule has 0 amide bonds. The zero-order chi connectivity index (χ0) is 16.8. The molecule has 0 aliphatic rings. The van der Waals surface area contributed by atoms with Gasteiger partial charge >= 0.3 is 5.97 Å². The Morgan fingerprint density at radius 3 is 2.50 bits per heavy atom. The molecule has 3 rings (SSSR count). The summed E-state index contributed by atoms with van der Waals surface area (Å²) in [7, 11) is 0. The van der Waals surface area contributed by atoms with Gasteiger partial charge in [-0.1, -0.05) is 31.9 Å². The van der Waals surface area contributed by atoms with Crippen molar-refractivity contribution in [2.24, 2.45) is 0 Å². The number of nitrogens with zero attached hydrogens (tertiary/aromatic N) is 2. The van der Waals surface area contributed by atoms with Crippen molar-refractivity contribution in [2.45, 2.75) is 32.6 Å². The van der Waals surface area contributed by atoms with Crippen molar-refractivity contribution in [3.63, 3.8) is 0 Å². The molecule has 2 aromatic carbocycles. The first-order valence-corrected chi connectivity index (χ1v) is 8.29. The molecule has 0 aliphatic carbocycles. The first kappa shape index (κ1) is 16.1. The van der Waals surface area contributed by atoms with E-state index in [0.717, 1.165) is 41.6 Å². The fourth-order valence-corrected chi connectivity index (χ4v) is 2.49. The topological polar surface area (TPSA) is 52.1 Å².